The first-order valence-corrected chi connectivity index (χ1v) is 7.43. The summed E-state index contributed by atoms with van der Waals surface area (Å²) >= 11 is 3.54. The molecule has 5 nitrogen and oxygen atoms in total. The van der Waals surface area contributed by atoms with E-state index >= 15 is 0 Å². The van der Waals surface area contributed by atoms with Gasteiger partial charge in [-0.2, -0.15) is 0 Å². The van der Waals surface area contributed by atoms with Crippen LogP contribution in [0, 0.1) is 0 Å². The molecule has 0 heterocycles. The van der Waals surface area contributed by atoms with E-state index in [0.717, 1.165) is 29.4 Å². The Balaban J connectivity index is 2.85. The highest BCUT2D eigenvalue weighted by Crippen LogP contribution is 2.35. The first-order chi connectivity index (χ1) is 9.67. The van der Waals surface area contributed by atoms with Gasteiger partial charge in [-0.1, -0.05) is 15.9 Å². The maximum atomic E-state index is 8.79. The van der Waals surface area contributed by atoms with Crippen LogP contribution < -0.4 is 20.5 Å². The highest BCUT2D eigenvalue weighted by atomic mass is 79.9. The molecule has 0 spiro atoms. The van der Waals surface area contributed by atoms with Crippen LogP contribution in [0.1, 0.15) is 24.4 Å². The van der Waals surface area contributed by atoms with Crippen LogP contribution in [0.4, 0.5) is 0 Å². The van der Waals surface area contributed by atoms with Crippen LogP contribution in [-0.2, 0) is 0 Å². The summed E-state index contributed by atoms with van der Waals surface area (Å²) in [5.41, 5.74) is 6.88. The lowest BCUT2D eigenvalue weighted by molar-refractivity contribution is 0.282. The van der Waals surface area contributed by atoms with E-state index in [0.29, 0.717) is 18.0 Å². The predicted octanol–water partition coefficient (Wildman–Crippen LogP) is 1.83. The first-order valence-electron chi connectivity index (χ1n) is 6.63. The number of nitrogens with two attached hydrogens (primary N) is 1. The minimum Gasteiger partial charge on any atom is -0.493 e. The number of methoxy groups -OCH3 is 2. The molecule has 1 rings (SSSR count). The molecule has 0 aliphatic rings. The summed E-state index contributed by atoms with van der Waals surface area (Å²) < 4.78 is 11.5. The molecule has 0 aliphatic heterocycles. The van der Waals surface area contributed by atoms with Crippen molar-refractivity contribution in [3.8, 4) is 11.5 Å². The van der Waals surface area contributed by atoms with Crippen molar-refractivity contribution in [1.29, 1.82) is 0 Å². The van der Waals surface area contributed by atoms with Gasteiger partial charge < -0.3 is 25.6 Å². The van der Waals surface area contributed by atoms with Gasteiger partial charge in [0.25, 0.3) is 0 Å². The SMILES string of the molecule is COc1cc(Br)c(C(CN)NCCCCO)cc1OC. The van der Waals surface area contributed by atoms with Gasteiger partial charge in [-0.3, -0.25) is 0 Å². The van der Waals surface area contributed by atoms with Crippen molar-refractivity contribution in [1.82, 2.24) is 5.32 Å². The Morgan fingerprint density at radius 1 is 1.25 bits per heavy atom. The van der Waals surface area contributed by atoms with E-state index in [2.05, 4.69) is 21.2 Å². The van der Waals surface area contributed by atoms with Crippen LogP contribution in [0.2, 0.25) is 0 Å². The number of ether oxygens (including phenoxy) is 2. The third-order valence-corrected chi connectivity index (χ3v) is 3.78. The number of aliphatic hydroxyl groups excluding tert-OH is 1. The van der Waals surface area contributed by atoms with Crippen molar-refractivity contribution >= 4 is 15.9 Å². The molecule has 0 radical (unpaired) electrons. The molecule has 1 aromatic carbocycles. The number of halogens is 1. The average Bonchev–Trinajstić information content (AvgIpc) is 2.47. The summed E-state index contributed by atoms with van der Waals surface area (Å²) in [7, 11) is 3.22. The van der Waals surface area contributed by atoms with Crippen LogP contribution >= 0.6 is 15.9 Å². The third kappa shape index (κ3) is 4.63. The van der Waals surface area contributed by atoms with Crippen molar-refractivity contribution in [2.45, 2.75) is 18.9 Å². The molecule has 20 heavy (non-hydrogen) atoms. The van der Waals surface area contributed by atoms with Gasteiger partial charge in [0, 0.05) is 23.7 Å². The second-order valence-corrected chi connectivity index (χ2v) is 5.26. The molecule has 1 unspecified atom stereocenters. The molecule has 1 aromatic rings. The Bertz CT molecular complexity index is 416. The number of benzene rings is 1. The molecule has 4 N–H and O–H groups in total. The third-order valence-electron chi connectivity index (χ3n) is 3.09. The summed E-state index contributed by atoms with van der Waals surface area (Å²) in [4.78, 5) is 0. The van der Waals surface area contributed by atoms with Crippen LogP contribution in [-0.4, -0.2) is 39.0 Å². The maximum absolute atomic E-state index is 8.79. The van der Waals surface area contributed by atoms with E-state index in [1.165, 1.54) is 0 Å². The lowest BCUT2D eigenvalue weighted by atomic mass is 10.1. The minimum absolute atomic E-state index is 0.0304. The lowest BCUT2D eigenvalue weighted by Gasteiger charge is -2.20. The lowest BCUT2D eigenvalue weighted by Crippen LogP contribution is -2.29. The fourth-order valence-corrected chi connectivity index (χ4v) is 2.57. The van der Waals surface area contributed by atoms with Gasteiger partial charge in [0.15, 0.2) is 11.5 Å². The molecule has 6 heteroatoms. The quantitative estimate of drug-likeness (QED) is 0.594. The molecule has 0 amide bonds. The van der Waals surface area contributed by atoms with Crippen molar-refractivity contribution in [2.24, 2.45) is 5.73 Å². The Labute approximate surface area is 128 Å². The van der Waals surface area contributed by atoms with E-state index in [-0.39, 0.29) is 12.6 Å². The largest absolute Gasteiger partial charge is 0.493 e. The summed E-state index contributed by atoms with van der Waals surface area (Å²) in [5, 5.41) is 12.2. The van der Waals surface area contributed by atoms with Crippen LogP contribution in [0.5, 0.6) is 11.5 Å². The van der Waals surface area contributed by atoms with Crippen LogP contribution in [0.25, 0.3) is 0 Å². The second-order valence-electron chi connectivity index (χ2n) is 4.40. The molecule has 0 saturated carbocycles. The van der Waals surface area contributed by atoms with E-state index in [4.69, 9.17) is 20.3 Å². The van der Waals surface area contributed by atoms with E-state index in [1.807, 2.05) is 12.1 Å². The average molecular weight is 347 g/mol. The first kappa shape index (κ1) is 17.2. The zero-order chi connectivity index (χ0) is 15.0. The standard InChI is InChI=1S/C14H23BrN2O3/c1-19-13-7-10(11(15)8-14(13)20-2)12(9-16)17-5-3-4-6-18/h7-8,12,17-18H,3-6,9,16H2,1-2H3. The van der Waals surface area contributed by atoms with Gasteiger partial charge in [-0.15, -0.1) is 0 Å². The normalized spacial score (nSPS) is 12.2. The fraction of sp³-hybridized carbons (Fsp3) is 0.571. The molecule has 0 bridgehead atoms. The maximum Gasteiger partial charge on any atom is 0.161 e. The molecule has 0 fully saturated rings. The number of rotatable bonds is 9. The summed E-state index contributed by atoms with van der Waals surface area (Å²) in [6, 6.07) is 3.84. The predicted molar refractivity (Wildman–Crippen MR) is 83.4 cm³/mol. The van der Waals surface area contributed by atoms with Crippen molar-refractivity contribution in [2.75, 3.05) is 33.9 Å². The molecule has 0 aromatic heterocycles. The van der Waals surface area contributed by atoms with E-state index in [1.54, 1.807) is 14.2 Å². The van der Waals surface area contributed by atoms with E-state index < -0.39 is 0 Å². The van der Waals surface area contributed by atoms with Gasteiger partial charge in [0.05, 0.1) is 14.2 Å². The van der Waals surface area contributed by atoms with Gasteiger partial charge in [-0.25, -0.2) is 0 Å². The molecule has 0 saturated heterocycles. The van der Waals surface area contributed by atoms with Gasteiger partial charge >= 0.3 is 0 Å². The Morgan fingerprint density at radius 2 is 1.90 bits per heavy atom. The van der Waals surface area contributed by atoms with Crippen LogP contribution in [0.15, 0.2) is 16.6 Å². The van der Waals surface area contributed by atoms with Gasteiger partial charge in [-0.05, 0) is 37.1 Å². The van der Waals surface area contributed by atoms with Crippen molar-refractivity contribution in [3.63, 3.8) is 0 Å². The zero-order valence-electron chi connectivity index (χ0n) is 12.0. The smallest absolute Gasteiger partial charge is 0.161 e. The minimum atomic E-state index is 0.0304. The van der Waals surface area contributed by atoms with Crippen molar-refractivity contribution in [3.05, 3.63) is 22.2 Å². The highest BCUT2D eigenvalue weighted by molar-refractivity contribution is 9.10. The zero-order valence-corrected chi connectivity index (χ0v) is 13.6. The van der Waals surface area contributed by atoms with Crippen LogP contribution in [0.3, 0.4) is 0 Å². The summed E-state index contributed by atoms with van der Waals surface area (Å²) in [6.45, 7) is 1.51. The van der Waals surface area contributed by atoms with E-state index in [9.17, 15) is 0 Å². The number of hydrogen-bond acceptors (Lipinski definition) is 5. The number of hydrogen-bond donors (Lipinski definition) is 3. The second kappa shape index (κ2) is 9.18. The molecule has 0 aliphatic carbocycles. The Morgan fingerprint density at radius 3 is 2.45 bits per heavy atom. The number of aliphatic hydroxyl groups is 1. The number of nitrogens with one attached hydrogen (secondary N) is 1. The monoisotopic (exact) mass is 346 g/mol. The topological polar surface area (TPSA) is 76.7 Å². The summed E-state index contributed by atoms with van der Waals surface area (Å²) in [5.74, 6) is 1.36. The highest BCUT2D eigenvalue weighted by Gasteiger charge is 2.16. The Hall–Kier alpha value is -0.820. The Kier molecular flexibility index (Phi) is 7.91. The molecular formula is C14H23BrN2O3. The number of unbranched alkanes of at least 4 members (excludes halogenated alkanes) is 1. The molecule has 114 valence electrons. The molecule has 1 atom stereocenters. The fourth-order valence-electron chi connectivity index (χ4n) is 1.97. The molecular weight excluding hydrogens is 324 g/mol. The van der Waals surface area contributed by atoms with Gasteiger partial charge in [0.2, 0.25) is 0 Å². The van der Waals surface area contributed by atoms with Gasteiger partial charge in [0.1, 0.15) is 0 Å². The summed E-state index contributed by atoms with van der Waals surface area (Å²) in [6.07, 6.45) is 1.70. The van der Waals surface area contributed by atoms with Crippen molar-refractivity contribution < 1.29 is 14.6 Å².